The summed E-state index contributed by atoms with van der Waals surface area (Å²) in [6.07, 6.45) is 0.678. The van der Waals surface area contributed by atoms with Crippen LogP contribution >= 0.6 is 15.9 Å². The van der Waals surface area contributed by atoms with Crippen molar-refractivity contribution in [2.75, 3.05) is 23.8 Å². The molecule has 0 unspecified atom stereocenters. The van der Waals surface area contributed by atoms with Crippen molar-refractivity contribution in [1.82, 2.24) is 0 Å². The van der Waals surface area contributed by atoms with Crippen molar-refractivity contribution in [3.8, 4) is 11.5 Å². The summed E-state index contributed by atoms with van der Waals surface area (Å²) in [5.74, 6) is 0.785. The quantitative estimate of drug-likeness (QED) is 0.724. The van der Waals surface area contributed by atoms with E-state index in [2.05, 4.69) is 20.7 Å². The number of carbonyl (C=O) groups excluding carboxylic acids is 1. The number of methoxy groups -OCH3 is 2. The number of benzene rings is 2. The van der Waals surface area contributed by atoms with Gasteiger partial charge in [-0.3, -0.25) is 9.52 Å². The van der Waals surface area contributed by atoms with E-state index in [-0.39, 0.29) is 16.8 Å². The van der Waals surface area contributed by atoms with E-state index in [1.807, 2.05) is 6.92 Å². The summed E-state index contributed by atoms with van der Waals surface area (Å²) >= 11 is 3.36. The van der Waals surface area contributed by atoms with Crippen LogP contribution in [0.15, 0.2) is 39.7 Å². The SMILES string of the molecule is COc1ccc(NS(=O)(=O)c2cc3c(cc2Br)C[C@H](C)N3C(C)=O)cc1OC. The Hall–Kier alpha value is -2.26. The van der Waals surface area contributed by atoms with Crippen LogP contribution in [0, 0.1) is 0 Å². The van der Waals surface area contributed by atoms with Gasteiger partial charge in [-0.2, -0.15) is 0 Å². The molecule has 0 saturated carbocycles. The van der Waals surface area contributed by atoms with Gasteiger partial charge in [0.1, 0.15) is 4.90 Å². The normalized spacial score (nSPS) is 15.9. The van der Waals surface area contributed by atoms with E-state index in [4.69, 9.17) is 9.47 Å². The molecule has 2 aromatic rings. The van der Waals surface area contributed by atoms with Gasteiger partial charge in [-0.05, 0) is 59.1 Å². The van der Waals surface area contributed by atoms with E-state index in [0.29, 0.717) is 33.8 Å². The zero-order valence-electron chi connectivity index (χ0n) is 15.9. The fourth-order valence-electron chi connectivity index (χ4n) is 3.41. The molecule has 0 bridgehead atoms. The summed E-state index contributed by atoms with van der Waals surface area (Å²) in [7, 11) is -0.926. The van der Waals surface area contributed by atoms with Crippen molar-refractivity contribution >= 4 is 43.2 Å². The molecular weight excluding hydrogens is 448 g/mol. The van der Waals surface area contributed by atoms with Crippen molar-refractivity contribution in [1.29, 1.82) is 0 Å². The highest BCUT2D eigenvalue weighted by atomic mass is 79.9. The van der Waals surface area contributed by atoms with E-state index in [0.717, 1.165) is 5.56 Å². The molecule has 2 aromatic carbocycles. The first-order valence-corrected chi connectivity index (χ1v) is 10.8. The minimum absolute atomic E-state index is 0.0174. The molecule has 150 valence electrons. The molecular formula is C19H21BrN2O5S. The summed E-state index contributed by atoms with van der Waals surface area (Å²) < 4.78 is 39.4. The maximum Gasteiger partial charge on any atom is 0.263 e. The molecule has 1 aliphatic rings. The van der Waals surface area contributed by atoms with Gasteiger partial charge >= 0.3 is 0 Å². The van der Waals surface area contributed by atoms with Crippen LogP contribution in [0.2, 0.25) is 0 Å². The second-order valence-corrected chi connectivity index (χ2v) is 9.03. The van der Waals surface area contributed by atoms with Crippen LogP contribution in [0.1, 0.15) is 19.4 Å². The molecule has 0 aliphatic carbocycles. The van der Waals surface area contributed by atoms with Gasteiger partial charge in [-0.25, -0.2) is 8.42 Å². The molecule has 3 rings (SSSR count). The lowest BCUT2D eigenvalue weighted by Crippen LogP contribution is -2.33. The van der Waals surface area contributed by atoms with Crippen molar-refractivity contribution in [3.63, 3.8) is 0 Å². The highest BCUT2D eigenvalue weighted by molar-refractivity contribution is 9.10. The van der Waals surface area contributed by atoms with Crippen LogP contribution in [-0.4, -0.2) is 34.6 Å². The third-order valence-corrected chi connectivity index (χ3v) is 6.95. The molecule has 0 aromatic heterocycles. The molecule has 0 radical (unpaired) electrons. The summed E-state index contributed by atoms with van der Waals surface area (Å²) in [5, 5.41) is 0. The first-order valence-electron chi connectivity index (χ1n) is 8.55. The van der Waals surface area contributed by atoms with Crippen LogP contribution in [0.3, 0.4) is 0 Å². The Labute approximate surface area is 172 Å². The minimum atomic E-state index is -3.91. The van der Waals surface area contributed by atoms with Crippen LogP contribution in [-0.2, 0) is 21.2 Å². The van der Waals surface area contributed by atoms with Crippen LogP contribution in [0.25, 0.3) is 0 Å². The first kappa shape index (κ1) is 20.5. The Bertz CT molecular complexity index is 1040. The largest absolute Gasteiger partial charge is 0.493 e. The summed E-state index contributed by atoms with van der Waals surface area (Å²) in [6, 6.07) is 8.03. The molecule has 7 nitrogen and oxygen atoms in total. The Morgan fingerprint density at radius 1 is 1.18 bits per heavy atom. The Balaban J connectivity index is 2.00. The Morgan fingerprint density at radius 3 is 2.46 bits per heavy atom. The Kier molecular flexibility index (Phi) is 5.58. The van der Waals surface area contributed by atoms with Gasteiger partial charge in [0.25, 0.3) is 10.0 Å². The zero-order chi connectivity index (χ0) is 20.6. The van der Waals surface area contributed by atoms with Crippen LogP contribution < -0.4 is 19.1 Å². The molecule has 0 fully saturated rings. The number of hydrogen-bond acceptors (Lipinski definition) is 5. The molecule has 28 heavy (non-hydrogen) atoms. The van der Waals surface area contributed by atoms with Gasteiger partial charge in [0, 0.05) is 29.2 Å². The predicted molar refractivity (Wildman–Crippen MR) is 111 cm³/mol. The van der Waals surface area contributed by atoms with E-state index < -0.39 is 10.0 Å². The lowest BCUT2D eigenvalue weighted by Gasteiger charge is -2.21. The number of carbonyl (C=O) groups is 1. The molecule has 1 amide bonds. The van der Waals surface area contributed by atoms with Gasteiger partial charge in [0.05, 0.1) is 19.9 Å². The van der Waals surface area contributed by atoms with Crippen molar-refractivity contribution in [2.24, 2.45) is 0 Å². The third kappa shape index (κ3) is 3.68. The second-order valence-electron chi connectivity index (χ2n) is 6.53. The average molecular weight is 469 g/mol. The highest BCUT2D eigenvalue weighted by Gasteiger charge is 2.32. The van der Waals surface area contributed by atoms with Gasteiger partial charge in [0.2, 0.25) is 5.91 Å². The predicted octanol–water partition coefficient (Wildman–Crippen LogP) is 3.56. The average Bonchev–Trinajstić information content (AvgIpc) is 2.95. The minimum Gasteiger partial charge on any atom is -0.493 e. The zero-order valence-corrected chi connectivity index (χ0v) is 18.3. The number of anilines is 2. The fourth-order valence-corrected chi connectivity index (χ4v) is 5.57. The number of ether oxygens (including phenoxy) is 2. The van der Waals surface area contributed by atoms with Gasteiger partial charge < -0.3 is 14.4 Å². The van der Waals surface area contributed by atoms with Crippen molar-refractivity contribution in [3.05, 3.63) is 40.4 Å². The van der Waals surface area contributed by atoms with E-state index in [1.165, 1.54) is 27.2 Å². The monoisotopic (exact) mass is 468 g/mol. The molecule has 1 aliphatic heterocycles. The third-order valence-electron chi connectivity index (χ3n) is 4.61. The molecule has 9 heteroatoms. The van der Waals surface area contributed by atoms with E-state index in [1.54, 1.807) is 29.2 Å². The van der Waals surface area contributed by atoms with E-state index in [9.17, 15) is 13.2 Å². The van der Waals surface area contributed by atoms with Crippen molar-refractivity contribution < 1.29 is 22.7 Å². The number of hydrogen-bond donors (Lipinski definition) is 1. The number of nitrogens with zero attached hydrogens (tertiary/aromatic N) is 1. The van der Waals surface area contributed by atoms with E-state index >= 15 is 0 Å². The van der Waals surface area contributed by atoms with Gasteiger partial charge in [-0.15, -0.1) is 0 Å². The second kappa shape index (κ2) is 7.63. The molecule has 1 heterocycles. The first-order chi connectivity index (χ1) is 13.2. The molecule has 0 spiro atoms. The summed E-state index contributed by atoms with van der Waals surface area (Å²) in [6.45, 7) is 3.41. The maximum absolute atomic E-state index is 13.0. The van der Waals surface area contributed by atoms with Gasteiger partial charge in [0.15, 0.2) is 11.5 Å². The van der Waals surface area contributed by atoms with Crippen LogP contribution in [0.4, 0.5) is 11.4 Å². The summed E-state index contributed by atoms with van der Waals surface area (Å²) in [5.41, 5.74) is 1.89. The topological polar surface area (TPSA) is 84.9 Å². The molecule has 1 atom stereocenters. The standard InChI is InChI=1S/C19H21BrN2O5S/c1-11-7-13-8-15(20)19(10-16(13)22(11)12(2)23)28(24,25)21-14-5-6-17(26-3)18(9-14)27-4/h5-6,8-11,21H,7H2,1-4H3/t11-/m0/s1. The summed E-state index contributed by atoms with van der Waals surface area (Å²) in [4.78, 5) is 13.7. The van der Waals surface area contributed by atoms with Crippen molar-refractivity contribution in [2.45, 2.75) is 31.2 Å². The van der Waals surface area contributed by atoms with Crippen LogP contribution in [0.5, 0.6) is 11.5 Å². The number of halogens is 1. The number of sulfonamides is 1. The number of nitrogens with one attached hydrogen (secondary N) is 1. The highest BCUT2D eigenvalue weighted by Crippen LogP contribution is 2.39. The number of amides is 1. The smallest absolute Gasteiger partial charge is 0.263 e. The lowest BCUT2D eigenvalue weighted by atomic mass is 10.1. The number of rotatable bonds is 5. The fraction of sp³-hybridized carbons (Fsp3) is 0.316. The maximum atomic E-state index is 13.0. The van der Waals surface area contributed by atoms with Gasteiger partial charge in [-0.1, -0.05) is 0 Å². The molecule has 1 N–H and O–H groups in total. The Morgan fingerprint density at radius 2 is 1.86 bits per heavy atom. The number of fused-ring (bicyclic) bond motifs is 1. The molecule has 0 saturated heterocycles. The lowest BCUT2D eigenvalue weighted by molar-refractivity contribution is -0.116.